The van der Waals surface area contributed by atoms with E-state index in [4.69, 9.17) is 0 Å². The molecule has 1 amide bonds. The van der Waals surface area contributed by atoms with Crippen LogP contribution in [-0.4, -0.2) is 14.3 Å². The highest BCUT2D eigenvalue weighted by atomic mass is 32.2. The molecule has 1 aliphatic rings. The lowest BCUT2D eigenvalue weighted by atomic mass is 9.86. The van der Waals surface area contributed by atoms with Crippen LogP contribution in [0.4, 0.5) is 11.4 Å². The maximum absolute atomic E-state index is 12.9. The van der Waals surface area contributed by atoms with Crippen molar-refractivity contribution in [3.63, 3.8) is 0 Å². The number of amides is 1. The Morgan fingerprint density at radius 2 is 1.60 bits per heavy atom. The van der Waals surface area contributed by atoms with Gasteiger partial charge in [-0.25, -0.2) is 8.42 Å². The zero-order chi connectivity index (χ0) is 18.6. The predicted molar refractivity (Wildman–Crippen MR) is 99.6 cm³/mol. The fraction of sp³-hybridized carbons (Fsp3) is 0.316. The zero-order valence-electron chi connectivity index (χ0n) is 15.0. The van der Waals surface area contributed by atoms with E-state index in [-0.39, 0.29) is 10.8 Å². The molecule has 0 saturated heterocycles. The molecule has 0 saturated carbocycles. The molecule has 2 aromatic rings. The molecule has 1 heterocycles. The lowest BCUT2D eigenvalue weighted by molar-refractivity contribution is -0.119. The first-order chi connectivity index (χ1) is 11.5. The van der Waals surface area contributed by atoms with Gasteiger partial charge in [-0.05, 0) is 69.5 Å². The first-order valence-electron chi connectivity index (χ1n) is 8.09. The molecule has 25 heavy (non-hydrogen) atoms. The van der Waals surface area contributed by atoms with Crippen molar-refractivity contribution in [2.45, 2.75) is 44.9 Å². The van der Waals surface area contributed by atoms with Crippen LogP contribution >= 0.6 is 0 Å². The van der Waals surface area contributed by atoms with Crippen molar-refractivity contribution in [1.29, 1.82) is 0 Å². The summed E-state index contributed by atoms with van der Waals surface area (Å²) in [6.45, 7) is 9.31. The van der Waals surface area contributed by atoms with Gasteiger partial charge in [0.1, 0.15) is 0 Å². The van der Waals surface area contributed by atoms with Crippen LogP contribution in [0.5, 0.6) is 0 Å². The number of nitrogens with one attached hydrogen (secondary N) is 2. The van der Waals surface area contributed by atoms with Crippen molar-refractivity contribution in [2.75, 3.05) is 10.0 Å². The molecular weight excluding hydrogens is 336 g/mol. The van der Waals surface area contributed by atoms with Gasteiger partial charge in [0.15, 0.2) is 0 Å². The molecule has 5 nitrogen and oxygen atoms in total. The van der Waals surface area contributed by atoms with Crippen molar-refractivity contribution < 1.29 is 13.2 Å². The molecule has 0 spiro atoms. The number of carbonyl (C=O) groups is 1. The molecular formula is C19H22N2O3S. The van der Waals surface area contributed by atoms with Crippen LogP contribution in [0.25, 0.3) is 0 Å². The number of anilines is 2. The van der Waals surface area contributed by atoms with Gasteiger partial charge in [-0.1, -0.05) is 17.7 Å². The molecule has 0 bridgehead atoms. The third-order valence-corrected chi connectivity index (χ3v) is 6.05. The monoisotopic (exact) mass is 358 g/mol. The van der Waals surface area contributed by atoms with E-state index >= 15 is 0 Å². The third-order valence-electron chi connectivity index (χ3n) is 4.70. The minimum Gasteiger partial charge on any atom is -0.325 e. The lowest BCUT2D eigenvalue weighted by Gasteiger charge is -2.17. The van der Waals surface area contributed by atoms with E-state index in [1.54, 1.807) is 26.0 Å². The Morgan fingerprint density at radius 1 is 1.00 bits per heavy atom. The summed E-state index contributed by atoms with van der Waals surface area (Å²) in [4.78, 5) is 12.2. The fourth-order valence-corrected chi connectivity index (χ4v) is 4.48. The van der Waals surface area contributed by atoms with Gasteiger partial charge in [0, 0.05) is 5.69 Å². The number of hydrogen-bond acceptors (Lipinski definition) is 3. The Kier molecular flexibility index (Phi) is 3.91. The minimum absolute atomic E-state index is 0.129. The second kappa shape index (κ2) is 5.59. The van der Waals surface area contributed by atoms with Gasteiger partial charge in [0.05, 0.1) is 16.0 Å². The topological polar surface area (TPSA) is 75.3 Å². The summed E-state index contributed by atoms with van der Waals surface area (Å²) in [5, 5.41) is 2.79. The van der Waals surface area contributed by atoms with Crippen molar-refractivity contribution in [3.05, 3.63) is 52.6 Å². The Balaban J connectivity index is 2.03. The summed E-state index contributed by atoms with van der Waals surface area (Å²) in [6, 6.07) is 8.63. The molecule has 3 rings (SSSR count). The molecule has 0 aliphatic carbocycles. The Morgan fingerprint density at radius 3 is 2.20 bits per heavy atom. The normalized spacial score (nSPS) is 15.6. The van der Waals surface area contributed by atoms with Crippen LogP contribution in [0.1, 0.15) is 36.1 Å². The third kappa shape index (κ3) is 2.91. The van der Waals surface area contributed by atoms with E-state index in [2.05, 4.69) is 10.0 Å². The molecule has 0 unspecified atom stereocenters. The van der Waals surface area contributed by atoms with Gasteiger partial charge in [-0.2, -0.15) is 0 Å². The van der Waals surface area contributed by atoms with Crippen LogP contribution in [0.3, 0.4) is 0 Å². The highest BCUT2D eigenvalue weighted by Gasteiger charge is 2.39. The first-order valence-corrected chi connectivity index (χ1v) is 9.57. The Bertz CT molecular complexity index is 969. The predicted octanol–water partition coefficient (Wildman–Crippen LogP) is 3.64. The highest BCUT2D eigenvalue weighted by Crippen LogP contribution is 2.38. The number of fused-ring (bicyclic) bond motifs is 1. The Labute approximate surface area is 148 Å². The quantitative estimate of drug-likeness (QED) is 0.879. The summed E-state index contributed by atoms with van der Waals surface area (Å²) in [5.74, 6) is -0.129. The fourth-order valence-electron chi connectivity index (χ4n) is 3.25. The number of rotatable bonds is 3. The summed E-state index contributed by atoms with van der Waals surface area (Å²) < 4.78 is 28.4. The molecule has 0 radical (unpaired) electrons. The summed E-state index contributed by atoms with van der Waals surface area (Å²) in [7, 11) is -3.75. The largest absolute Gasteiger partial charge is 0.325 e. The van der Waals surface area contributed by atoms with Crippen LogP contribution < -0.4 is 10.0 Å². The molecule has 0 atom stereocenters. The van der Waals surface area contributed by atoms with Crippen LogP contribution in [0, 0.1) is 20.8 Å². The molecule has 2 N–H and O–H groups in total. The minimum atomic E-state index is -3.75. The lowest BCUT2D eigenvalue weighted by Crippen LogP contribution is -2.27. The van der Waals surface area contributed by atoms with Gasteiger partial charge < -0.3 is 5.32 Å². The second-order valence-electron chi connectivity index (χ2n) is 7.17. The summed E-state index contributed by atoms with van der Waals surface area (Å²) >= 11 is 0. The van der Waals surface area contributed by atoms with Gasteiger partial charge in [0.2, 0.25) is 5.91 Å². The summed E-state index contributed by atoms with van der Waals surface area (Å²) in [6.07, 6.45) is 0. The van der Waals surface area contributed by atoms with E-state index in [9.17, 15) is 13.2 Å². The smallest absolute Gasteiger partial charge is 0.261 e. The van der Waals surface area contributed by atoms with E-state index < -0.39 is 15.4 Å². The van der Waals surface area contributed by atoms with E-state index in [0.29, 0.717) is 16.9 Å². The van der Waals surface area contributed by atoms with Gasteiger partial charge in [-0.15, -0.1) is 0 Å². The van der Waals surface area contributed by atoms with Gasteiger partial charge >= 0.3 is 0 Å². The SMILES string of the molecule is Cc1cc(C)c(NS(=O)(=O)c2ccc3c(c2)C(C)(C)C(=O)N3)c(C)c1. The Hall–Kier alpha value is -2.34. The molecule has 132 valence electrons. The molecule has 6 heteroatoms. The van der Waals surface area contributed by atoms with Crippen LogP contribution in [0.2, 0.25) is 0 Å². The second-order valence-corrected chi connectivity index (χ2v) is 8.85. The number of aryl methyl sites for hydroxylation is 3. The number of benzene rings is 2. The molecule has 0 aromatic heterocycles. The maximum Gasteiger partial charge on any atom is 0.261 e. The molecule has 1 aliphatic heterocycles. The molecule has 2 aromatic carbocycles. The van der Waals surface area contributed by atoms with E-state index in [1.165, 1.54) is 6.07 Å². The van der Waals surface area contributed by atoms with Crippen molar-refractivity contribution in [2.24, 2.45) is 0 Å². The van der Waals surface area contributed by atoms with Gasteiger partial charge in [0.25, 0.3) is 10.0 Å². The number of carbonyl (C=O) groups excluding carboxylic acids is 1. The van der Waals surface area contributed by atoms with Crippen LogP contribution in [-0.2, 0) is 20.2 Å². The van der Waals surface area contributed by atoms with Crippen molar-refractivity contribution in [3.8, 4) is 0 Å². The summed E-state index contributed by atoms with van der Waals surface area (Å²) in [5.41, 5.74) is 4.03. The van der Waals surface area contributed by atoms with E-state index in [1.807, 2.05) is 32.9 Å². The maximum atomic E-state index is 12.9. The number of sulfonamides is 1. The highest BCUT2D eigenvalue weighted by molar-refractivity contribution is 7.92. The standard InChI is InChI=1S/C19H22N2O3S/c1-11-8-12(2)17(13(3)9-11)21-25(23,24)14-6-7-16-15(10-14)19(4,5)18(22)20-16/h6-10,21H,1-5H3,(H,20,22). The zero-order valence-corrected chi connectivity index (χ0v) is 15.8. The average molecular weight is 358 g/mol. The van der Waals surface area contributed by atoms with Crippen molar-refractivity contribution in [1.82, 2.24) is 0 Å². The van der Waals surface area contributed by atoms with E-state index in [0.717, 1.165) is 16.7 Å². The molecule has 0 fully saturated rings. The van der Waals surface area contributed by atoms with Gasteiger partial charge in [-0.3, -0.25) is 9.52 Å². The van der Waals surface area contributed by atoms with Crippen molar-refractivity contribution >= 4 is 27.3 Å². The first kappa shape index (κ1) is 17.5. The number of hydrogen-bond donors (Lipinski definition) is 2. The van der Waals surface area contributed by atoms with Crippen LogP contribution in [0.15, 0.2) is 35.2 Å². The average Bonchev–Trinajstić information content (AvgIpc) is 2.73.